The van der Waals surface area contributed by atoms with Crippen LogP contribution in [0.1, 0.15) is 30.9 Å². The zero-order valence-electron chi connectivity index (χ0n) is 20.4. The summed E-state index contributed by atoms with van der Waals surface area (Å²) < 4.78 is 5.60. The Morgan fingerprint density at radius 1 is 1.03 bits per heavy atom. The topological polar surface area (TPSA) is 84.0 Å². The second-order valence-corrected chi connectivity index (χ2v) is 10.3. The van der Waals surface area contributed by atoms with Crippen molar-refractivity contribution < 1.29 is 23.9 Å². The van der Waals surface area contributed by atoms with E-state index in [2.05, 4.69) is 0 Å². The predicted molar refractivity (Wildman–Crippen MR) is 136 cm³/mol. The van der Waals surface area contributed by atoms with Gasteiger partial charge in [-0.15, -0.1) is 0 Å². The van der Waals surface area contributed by atoms with Gasteiger partial charge < -0.3 is 9.64 Å². The van der Waals surface area contributed by atoms with E-state index in [0.29, 0.717) is 34.1 Å². The maximum atomic E-state index is 13.1. The lowest BCUT2D eigenvalue weighted by atomic mass is 9.78. The lowest BCUT2D eigenvalue weighted by Gasteiger charge is -2.22. The van der Waals surface area contributed by atoms with E-state index in [1.807, 2.05) is 38.1 Å². The summed E-state index contributed by atoms with van der Waals surface area (Å²) in [6.07, 6.45) is 4.58. The molecule has 0 spiro atoms. The number of fused-ring (bicyclic) bond motifs is 1. The Labute approximate surface area is 214 Å². The van der Waals surface area contributed by atoms with Crippen LogP contribution in [-0.2, 0) is 19.2 Å². The molecule has 5 rings (SSSR count). The summed E-state index contributed by atoms with van der Waals surface area (Å²) in [4.78, 5) is 54.4. The van der Waals surface area contributed by atoms with Crippen molar-refractivity contribution in [3.63, 3.8) is 0 Å². The number of rotatable bonds is 4. The van der Waals surface area contributed by atoms with Crippen LogP contribution in [0.5, 0.6) is 5.75 Å². The van der Waals surface area contributed by atoms with Gasteiger partial charge in [0.25, 0.3) is 0 Å². The van der Waals surface area contributed by atoms with E-state index in [4.69, 9.17) is 16.3 Å². The molecule has 2 aromatic rings. The number of halogens is 1. The van der Waals surface area contributed by atoms with Gasteiger partial charge in [-0.1, -0.05) is 36.7 Å². The number of hydrogen-bond acceptors (Lipinski definition) is 5. The third-order valence-corrected chi connectivity index (χ3v) is 7.83. The Balaban J connectivity index is 1.29. The fourth-order valence-electron chi connectivity index (χ4n) is 5.39. The van der Waals surface area contributed by atoms with E-state index in [-0.39, 0.29) is 48.4 Å². The molecular weight excluding hydrogens is 480 g/mol. The monoisotopic (exact) mass is 506 g/mol. The zero-order chi connectivity index (χ0) is 25.7. The van der Waals surface area contributed by atoms with Crippen molar-refractivity contribution in [3.05, 3.63) is 64.7 Å². The Kier molecular flexibility index (Phi) is 6.20. The van der Waals surface area contributed by atoms with E-state index in [1.165, 1.54) is 4.90 Å². The first-order valence-electron chi connectivity index (χ1n) is 12.1. The Morgan fingerprint density at radius 2 is 1.81 bits per heavy atom. The molecule has 0 unspecified atom stereocenters. The van der Waals surface area contributed by atoms with Crippen molar-refractivity contribution >= 4 is 46.7 Å². The van der Waals surface area contributed by atoms with Crippen LogP contribution in [0.4, 0.5) is 11.4 Å². The highest BCUT2D eigenvalue weighted by atomic mass is 35.5. The molecule has 0 N–H and O–H groups in total. The molecule has 186 valence electrons. The number of aryl methyl sites for hydroxylation is 2. The number of amides is 3. The SMILES string of the molecule is Cc1ccc(N2C[C@H](C(=O)Oc3ccc(N4C(=O)[C@@H]5[C@@H](C)C=CC[C@H]5C4=O)c(C)c3)CC2=O)cc1Cl. The number of ether oxygens (including phenoxy) is 1. The van der Waals surface area contributed by atoms with Gasteiger partial charge in [0.05, 0.1) is 23.4 Å². The number of hydrogen-bond donors (Lipinski definition) is 0. The lowest BCUT2D eigenvalue weighted by Crippen LogP contribution is -2.32. The third kappa shape index (κ3) is 4.11. The summed E-state index contributed by atoms with van der Waals surface area (Å²) >= 11 is 6.20. The van der Waals surface area contributed by atoms with Gasteiger partial charge in [-0.05, 0) is 67.6 Å². The molecule has 2 heterocycles. The van der Waals surface area contributed by atoms with E-state index in [0.717, 1.165) is 5.56 Å². The predicted octanol–water partition coefficient (Wildman–Crippen LogP) is 4.62. The average Bonchev–Trinajstić information content (AvgIpc) is 3.34. The lowest BCUT2D eigenvalue weighted by molar-refractivity contribution is -0.139. The van der Waals surface area contributed by atoms with E-state index in [9.17, 15) is 19.2 Å². The van der Waals surface area contributed by atoms with Crippen LogP contribution in [0.2, 0.25) is 5.02 Å². The minimum atomic E-state index is -0.614. The number of benzene rings is 2. The maximum Gasteiger partial charge on any atom is 0.316 e. The number of imide groups is 1. The second-order valence-electron chi connectivity index (χ2n) is 9.88. The van der Waals surface area contributed by atoms with E-state index < -0.39 is 11.9 Å². The quantitative estimate of drug-likeness (QED) is 0.261. The van der Waals surface area contributed by atoms with Crippen molar-refractivity contribution in [1.29, 1.82) is 0 Å². The number of esters is 1. The van der Waals surface area contributed by atoms with Crippen molar-refractivity contribution in [2.45, 2.75) is 33.6 Å². The number of allylic oxidation sites excluding steroid dienone is 2. The molecule has 0 radical (unpaired) electrons. The smallest absolute Gasteiger partial charge is 0.316 e. The molecule has 2 aromatic carbocycles. The van der Waals surface area contributed by atoms with Crippen LogP contribution in [-0.4, -0.2) is 30.2 Å². The molecule has 4 atom stereocenters. The molecule has 36 heavy (non-hydrogen) atoms. The summed E-state index contributed by atoms with van der Waals surface area (Å²) in [5.41, 5.74) is 2.71. The minimum Gasteiger partial charge on any atom is -0.426 e. The highest BCUT2D eigenvalue weighted by Crippen LogP contribution is 2.41. The highest BCUT2D eigenvalue weighted by molar-refractivity contribution is 6.31. The van der Waals surface area contributed by atoms with Gasteiger partial charge >= 0.3 is 5.97 Å². The molecule has 0 saturated carbocycles. The van der Waals surface area contributed by atoms with Crippen molar-refractivity contribution in [2.24, 2.45) is 23.7 Å². The number of carbonyl (C=O) groups excluding carboxylic acids is 4. The van der Waals surface area contributed by atoms with Gasteiger partial charge in [0, 0.05) is 23.7 Å². The normalized spacial score (nSPS) is 25.5. The summed E-state index contributed by atoms with van der Waals surface area (Å²) in [6.45, 7) is 5.82. The van der Waals surface area contributed by atoms with Crippen LogP contribution < -0.4 is 14.5 Å². The third-order valence-electron chi connectivity index (χ3n) is 7.43. The van der Waals surface area contributed by atoms with Gasteiger partial charge in [0.2, 0.25) is 17.7 Å². The fraction of sp³-hybridized carbons (Fsp3) is 0.357. The largest absolute Gasteiger partial charge is 0.426 e. The first-order valence-corrected chi connectivity index (χ1v) is 12.5. The molecule has 3 aliphatic rings. The van der Waals surface area contributed by atoms with Gasteiger partial charge in [-0.25, -0.2) is 4.90 Å². The van der Waals surface area contributed by atoms with Gasteiger partial charge in [0.15, 0.2) is 0 Å². The molecule has 2 fully saturated rings. The fourth-order valence-corrected chi connectivity index (χ4v) is 5.57. The summed E-state index contributed by atoms with van der Waals surface area (Å²) in [5, 5.41) is 0.557. The molecule has 8 heteroatoms. The molecule has 2 saturated heterocycles. The molecular formula is C28H27ClN2O5. The molecule has 0 aromatic heterocycles. The van der Waals surface area contributed by atoms with Gasteiger partial charge in [-0.2, -0.15) is 0 Å². The molecule has 2 aliphatic heterocycles. The van der Waals surface area contributed by atoms with Crippen LogP contribution in [0.25, 0.3) is 0 Å². The van der Waals surface area contributed by atoms with Crippen LogP contribution >= 0.6 is 11.6 Å². The standard InChI is InChI=1S/C28H27ClN2O5/c1-15-7-8-19(13-22(15)29)30-14-18(12-24(30)32)28(35)36-20-9-10-23(17(3)11-20)31-26(33)21-6-4-5-16(2)25(21)27(31)34/h4-5,7-11,13,16,18,21,25H,6,12,14H2,1-3H3/t16-,18+,21+,25+/m0/s1. The first kappa shape index (κ1) is 24.3. The molecule has 1 aliphatic carbocycles. The number of nitrogens with zero attached hydrogens (tertiary/aromatic N) is 2. The summed E-state index contributed by atoms with van der Waals surface area (Å²) in [7, 11) is 0. The average molecular weight is 507 g/mol. The minimum absolute atomic E-state index is 0.00959. The Bertz CT molecular complexity index is 1320. The number of carbonyl (C=O) groups is 4. The molecule has 7 nitrogen and oxygen atoms in total. The molecule has 0 bridgehead atoms. The van der Waals surface area contributed by atoms with Crippen molar-refractivity contribution in [1.82, 2.24) is 0 Å². The van der Waals surface area contributed by atoms with Crippen molar-refractivity contribution in [2.75, 3.05) is 16.3 Å². The second kappa shape index (κ2) is 9.21. The van der Waals surface area contributed by atoms with E-state index in [1.54, 1.807) is 36.1 Å². The Hall–Kier alpha value is -3.45. The van der Waals surface area contributed by atoms with E-state index >= 15 is 0 Å². The Morgan fingerprint density at radius 3 is 2.50 bits per heavy atom. The highest BCUT2D eigenvalue weighted by Gasteiger charge is 2.50. The van der Waals surface area contributed by atoms with Crippen LogP contribution in [0.3, 0.4) is 0 Å². The van der Waals surface area contributed by atoms with Gasteiger partial charge in [-0.3, -0.25) is 19.2 Å². The maximum absolute atomic E-state index is 13.1. The van der Waals surface area contributed by atoms with Crippen LogP contribution in [0, 0.1) is 37.5 Å². The number of anilines is 2. The van der Waals surface area contributed by atoms with Crippen LogP contribution in [0.15, 0.2) is 48.6 Å². The summed E-state index contributed by atoms with van der Waals surface area (Å²) in [5.74, 6) is -2.02. The van der Waals surface area contributed by atoms with Crippen molar-refractivity contribution in [3.8, 4) is 5.75 Å². The van der Waals surface area contributed by atoms with Gasteiger partial charge in [0.1, 0.15) is 5.75 Å². The first-order chi connectivity index (χ1) is 17.2. The zero-order valence-corrected chi connectivity index (χ0v) is 21.1. The molecule has 3 amide bonds. The summed E-state index contributed by atoms with van der Waals surface area (Å²) in [6, 6.07) is 10.2.